The van der Waals surface area contributed by atoms with E-state index >= 15 is 0 Å². The van der Waals surface area contributed by atoms with Gasteiger partial charge in [0.05, 0.1) is 5.39 Å². The second kappa shape index (κ2) is 9.12. The quantitative estimate of drug-likeness (QED) is 0.346. The fourth-order valence-electron chi connectivity index (χ4n) is 4.86. The van der Waals surface area contributed by atoms with E-state index in [1.807, 2.05) is 12.1 Å². The van der Waals surface area contributed by atoms with Gasteiger partial charge in [0.15, 0.2) is 5.82 Å². The molecule has 1 unspecified atom stereocenters. The van der Waals surface area contributed by atoms with Gasteiger partial charge in [-0.25, -0.2) is 4.98 Å². The lowest BCUT2D eigenvalue weighted by Crippen LogP contribution is -2.30. The number of ether oxygens (including phenoxy) is 1. The van der Waals surface area contributed by atoms with E-state index in [-0.39, 0.29) is 6.04 Å². The van der Waals surface area contributed by atoms with E-state index in [1.54, 1.807) is 23.7 Å². The summed E-state index contributed by atoms with van der Waals surface area (Å²) in [6, 6.07) is 18.6. The fraction of sp³-hybridized carbons (Fsp3) is 0.250. The fourth-order valence-corrected chi connectivity index (χ4v) is 6.11. The van der Waals surface area contributed by atoms with Crippen molar-refractivity contribution < 1.29 is 4.74 Å². The number of rotatable bonds is 6. The molecule has 5 aromatic rings. The summed E-state index contributed by atoms with van der Waals surface area (Å²) in [4.78, 5) is 16.3. The number of hydrogen-bond donors (Lipinski definition) is 1. The molecule has 0 aliphatic heterocycles. The topological polar surface area (TPSA) is 73.9 Å². The van der Waals surface area contributed by atoms with Crippen LogP contribution in [-0.4, -0.2) is 27.6 Å². The highest BCUT2D eigenvalue weighted by molar-refractivity contribution is 7.18. The lowest BCUT2D eigenvalue weighted by atomic mass is 9.97. The van der Waals surface area contributed by atoms with Crippen molar-refractivity contribution >= 4 is 32.3 Å². The van der Waals surface area contributed by atoms with Crippen LogP contribution in [0.25, 0.3) is 32.4 Å². The van der Waals surface area contributed by atoms with Gasteiger partial charge in [0, 0.05) is 28.9 Å². The highest BCUT2D eigenvalue weighted by atomic mass is 32.1. The molecule has 2 N–H and O–H groups in total. The molecule has 0 spiro atoms. The maximum atomic E-state index is 6.58. The molecule has 3 aromatic heterocycles. The molecule has 0 radical (unpaired) electrons. The predicted octanol–water partition coefficient (Wildman–Crippen LogP) is 5.73. The third-order valence-corrected chi connectivity index (χ3v) is 7.70. The molecule has 170 valence electrons. The van der Waals surface area contributed by atoms with Crippen LogP contribution in [0, 0.1) is 0 Å². The van der Waals surface area contributed by atoms with Crippen LogP contribution in [0.15, 0.2) is 67.0 Å². The van der Waals surface area contributed by atoms with Gasteiger partial charge in [-0.2, -0.15) is 4.98 Å². The van der Waals surface area contributed by atoms with Gasteiger partial charge in [-0.05, 0) is 66.1 Å². The van der Waals surface area contributed by atoms with E-state index in [4.69, 9.17) is 20.4 Å². The van der Waals surface area contributed by atoms with Crippen LogP contribution in [0.4, 0.5) is 0 Å². The SMILES string of the molecule is NC(COc1nc(-c2ccncc2)nc2sc3c(c12)CCCC3)Cc1cccc2ccccc12. The molecule has 0 amide bonds. The van der Waals surface area contributed by atoms with E-state index in [0.29, 0.717) is 18.3 Å². The van der Waals surface area contributed by atoms with E-state index in [1.165, 1.54) is 39.6 Å². The normalized spacial score (nSPS) is 14.3. The zero-order chi connectivity index (χ0) is 22.9. The van der Waals surface area contributed by atoms with E-state index in [9.17, 15) is 0 Å². The van der Waals surface area contributed by atoms with Gasteiger partial charge < -0.3 is 10.5 Å². The van der Waals surface area contributed by atoms with E-state index in [2.05, 4.69) is 47.4 Å². The van der Waals surface area contributed by atoms with Crippen LogP contribution in [0.5, 0.6) is 5.88 Å². The van der Waals surface area contributed by atoms with Crippen molar-refractivity contribution in [2.75, 3.05) is 6.61 Å². The summed E-state index contributed by atoms with van der Waals surface area (Å²) in [6.07, 6.45) is 8.88. The average molecular weight is 467 g/mol. The number of aryl methyl sites for hydroxylation is 2. The number of fused-ring (bicyclic) bond motifs is 4. The Morgan fingerprint density at radius 3 is 2.68 bits per heavy atom. The number of thiophene rings is 1. The first-order valence-electron chi connectivity index (χ1n) is 11.8. The van der Waals surface area contributed by atoms with Crippen LogP contribution in [-0.2, 0) is 19.3 Å². The molecule has 0 saturated carbocycles. The van der Waals surface area contributed by atoms with Crippen LogP contribution in [0.2, 0.25) is 0 Å². The summed E-state index contributed by atoms with van der Waals surface area (Å²) >= 11 is 1.78. The molecule has 0 fully saturated rings. The highest BCUT2D eigenvalue weighted by Gasteiger charge is 2.23. The van der Waals surface area contributed by atoms with Gasteiger partial charge in [-0.15, -0.1) is 11.3 Å². The van der Waals surface area contributed by atoms with Gasteiger partial charge in [0.25, 0.3) is 0 Å². The number of nitrogens with zero attached hydrogens (tertiary/aromatic N) is 3. The lowest BCUT2D eigenvalue weighted by molar-refractivity contribution is 0.281. The zero-order valence-electron chi connectivity index (χ0n) is 18.9. The van der Waals surface area contributed by atoms with Gasteiger partial charge in [-0.3, -0.25) is 4.98 Å². The predicted molar refractivity (Wildman–Crippen MR) is 138 cm³/mol. The third-order valence-electron chi connectivity index (χ3n) is 6.52. The van der Waals surface area contributed by atoms with Crippen LogP contribution < -0.4 is 10.5 Å². The zero-order valence-corrected chi connectivity index (χ0v) is 19.7. The first kappa shape index (κ1) is 21.2. The Kier molecular flexibility index (Phi) is 5.69. The van der Waals surface area contributed by atoms with Crippen molar-refractivity contribution in [3.05, 3.63) is 83.0 Å². The van der Waals surface area contributed by atoms with Gasteiger partial charge in [-0.1, -0.05) is 42.5 Å². The monoisotopic (exact) mass is 466 g/mol. The standard InChI is InChI=1S/C28H26N4OS/c29-21(16-20-8-5-7-18-6-1-2-9-22(18)20)17-33-27-25-23-10-3-4-11-24(23)34-28(25)32-26(31-27)19-12-14-30-15-13-19/h1-2,5-9,12-15,21H,3-4,10-11,16-17,29H2. The number of pyridine rings is 1. The van der Waals surface area contributed by atoms with Crippen LogP contribution in [0.1, 0.15) is 28.8 Å². The molecule has 0 bridgehead atoms. The molecule has 1 atom stereocenters. The van der Waals surface area contributed by atoms with Crippen molar-refractivity contribution in [2.45, 2.75) is 38.1 Å². The van der Waals surface area contributed by atoms with Gasteiger partial charge >= 0.3 is 0 Å². The number of nitrogens with two attached hydrogens (primary N) is 1. The summed E-state index contributed by atoms with van der Waals surface area (Å²) in [5.74, 6) is 1.33. The van der Waals surface area contributed by atoms with E-state index < -0.39 is 0 Å². The summed E-state index contributed by atoms with van der Waals surface area (Å²) in [5, 5.41) is 3.56. The Labute approximate surface area is 202 Å². The van der Waals surface area contributed by atoms with E-state index in [0.717, 1.165) is 35.0 Å². The van der Waals surface area contributed by atoms with Crippen molar-refractivity contribution in [3.63, 3.8) is 0 Å². The number of benzene rings is 2. The molecular weight excluding hydrogens is 440 g/mol. The Bertz CT molecular complexity index is 1460. The van der Waals surface area contributed by atoms with Gasteiger partial charge in [0.2, 0.25) is 5.88 Å². The minimum absolute atomic E-state index is 0.144. The minimum Gasteiger partial charge on any atom is -0.475 e. The molecule has 2 aromatic carbocycles. The van der Waals surface area contributed by atoms with Crippen molar-refractivity contribution in [3.8, 4) is 17.3 Å². The minimum atomic E-state index is -0.144. The van der Waals surface area contributed by atoms with Crippen molar-refractivity contribution in [1.82, 2.24) is 15.0 Å². The first-order valence-corrected chi connectivity index (χ1v) is 12.7. The Morgan fingerprint density at radius 2 is 1.76 bits per heavy atom. The number of aromatic nitrogens is 3. The van der Waals surface area contributed by atoms with Gasteiger partial charge in [0.1, 0.15) is 11.4 Å². The third kappa shape index (κ3) is 4.04. The van der Waals surface area contributed by atoms with Crippen LogP contribution >= 0.6 is 11.3 Å². The molecule has 5 nitrogen and oxygen atoms in total. The molecule has 3 heterocycles. The molecule has 34 heavy (non-hydrogen) atoms. The molecular formula is C28H26N4OS. The maximum Gasteiger partial charge on any atom is 0.226 e. The Morgan fingerprint density at radius 1 is 0.941 bits per heavy atom. The molecule has 1 aliphatic rings. The molecule has 6 heteroatoms. The first-order chi connectivity index (χ1) is 16.8. The summed E-state index contributed by atoms with van der Waals surface area (Å²) in [7, 11) is 0. The lowest BCUT2D eigenvalue weighted by Gasteiger charge is -2.16. The average Bonchev–Trinajstić information content (AvgIpc) is 3.27. The smallest absolute Gasteiger partial charge is 0.226 e. The molecule has 6 rings (SSSR count). The summed E-state index contributed by atoms with van der Waals surface area (Å²) in [6.45, 7) is 0.399. The second-order valence-electron chi connectivity index (χ2n) is 8.89. The Balaban J connectivity index is 1.31. The van der Waals surface area contributed by atoms with Crippen LogP contribution in [0.3, 0.4) is 0 Å². The summed E-state index contributed by atoms with van der Waals surface area (Å²) in [5.41, 5.74) is 10.1. The van der Waals surface area contributed by atoms with Crippen molar-refractivity contribution in [2.24, 2.45) is 5.73 Å². The summed E-state index contributed by atoms with van der Waals surface area (Å²) < 4.78 is 6.37. The number of hydrogen-bond acceptors (Lipinski definition) is 6. The van der Waals surface area contributed by atoms with Crippen molar-refractivity contribution in [1.29, 1.82) is 0 Å². The molecule has 1 aliphatic carbocycles. The highest BCUT2D eigenvalue weighted by Crippen LogP contribution is 2.40. The maximum absolute atomic E-state index is 6.58. The molecule has 0 saturated heterocycles. The second-order valence-corrected chi connectivity index (χ2v) is 9.98. The largest absolute Gasteiger partial charge is 0.475 e. The Hall–Kier alpha value is -3.35.